The summed E-state index contributed by atoms with van der Waals surface area (Å²) in [7, 11) is 0. The lowest BCUT2D eigenvalue weighted by Gasteiger charge is -2.07. The van der Waals surface area contributed by atoms with Crippen molar-refractivity contribution >= 4 is 33.5 Å². The number of aliphatic carboxylic acids is 1. The molecule has 21 heavy (non-hydrogen) atoms. The second kappa shape index (κ2) is 6.49. The highest BCUT2D eigenvalue weighted by molar-refractivity contribution is 9.10. The molecule has 108 valence electrons. The highest BCUT2D eigenvalue weighted by Gasteiger charge is 2.12. The number of carbonyl (C=O) groups is 2. The predicted molar refractivity (Wildman–Crippen MR) is 79.8 cm³/mol. The molecule has 0 spiro atoms. The van der Waals surface area contributed by atoms with Crippen LogP contribution in [-0.4, -0.2) is 17.0 Å². The van der Waals surface area contributed by atoms with Crippen LogP contribution in [0, 0.1) is 5.82 Å². The maximum Gasteiger partial charge on any atom is 0.307 e. The smallest absolute Gasteiger partial charge is 0.307 e. The first-order valence-electron chi connectivity index (χ1n) is 6.03. The molecule has 0 aliphatic carbocycles. The minimum Gasteiger partial charge on any atom is -0.481 e. The van der Waals surface area contributed by atoms with Crippen LogP contribution in [-0.2, 0) is 11.2 Å². The minimum atomic E-state index is -0.961. The lowest BCUT2D eigenvalue weighted by molar-refractivity contribution is -0.136. The Kier molecular flexibility index (Phi) is 4.70. The zero-order chi connectivity index (χ0) is 15.4. The van der Waals surface area contributed by atoms with E-state index < -0.39 is 17.7 Å². The van der Waals surface area contributed by atoms with Crippen molar-refractivity contribution in [3.05, 3.63) is 63.9 Å². The van der Waals surface area contributed by atoms with Crippen LogP contribution in [0.25, 0.3) is 0 Å². The maximum atomic E-state index is 13.7. The van der Waals surface area contributed by atoms with E-state index in [2.05, 4.69) is 21.2 Å². The van der Waals surface area contributed by atoms with Crippen molar-refractivity contribution in [3.63, 3.8) is 0 Å². The van der Waals surface area contributed by atoms with Crippen LogP contribution in [0.1, 0.15) is 15.9 Å². The molecule has 0 fully saturated rings. The average Bonchev–Trinajstić information content (AvgIpc) is 2.37. The molecule has 2 aromatic rings. The first kappa shape index (κ1) is 15.2. The summed E-state index contributed by atoms with van der Waals surface area (Å²) in [6.07, 6.45) is -0.143. The number of hydrogen-bond donors (Lipinski definition) is 2. The molecule has 0 aliphatic rings. The molecule has 4 nitrogen and oxygen atoms in total. The Morgan fingerprint density at radius 2 is 1.95 bits per heavy atom. The van der Waals surface area contributed by atoms with E-state index in [0.717, 1.165) is 0 Å². The Bertz CT molecular complexity index is 703. The molecule has 6 heteroatoms. The van der Waals surface area contributed by atoms with Gasteiger partial charge in [0, 0.05) is 10.2 Å². The topological polar surface area (TPSA) is 66.4 Å². The SMILES string of the molecule is O=C(O)Cc1cccc(NC(=O)c2ccc(Br)cc2F)c1. The molecular formula is C15H11BrFNO3. The summed E-state index contributed by atoms with van der Waals surface area (Å²) in [5.74, 6) is -2.19. The number of hydrogen-bond acceptors (Lipinski definition) is 2. The van der Waals surface area contributed by atoms with Gasteiger partial charge in [0.25, 0.3) is 5.91 Å². The molecule has 2 N–H and O–H groups in total. The fraction of sp³-hybridized carbons (Fsp3) is 0.0667. The number of carbonyl (C=O) groups excluding carboxylic acids is 1. The highest BCUT2D eigenvalue weighted by atomic mass is 79.9. The third-order valence-corrected chi connectivity index (χ3v) is 3.21. The van der Waals surface area contributed by atoms with Gasteiger partial charge in [-0.15, -0.1) is 0 Å². The third kappa shape index (κ3) is 4.13. The molecule has 2 rings (SSSR count). The molecule has 2 aromatic carbocycles. The molecule has 1 amide bonds. The minimum absolute atomic E-state index is 0.0816. The third-order valence-electron chi connectivity index (χ3n) is 2.72. The number of amides is 1. The van der Waals surface area contributed by atoms with Crippen LogP contribution < -0.4 is 5.32 Å². The number of nitrogens with one attached hydrogen (secondary N) is 1. The van der Waals surface area contributed by atoms with E-state index in [4.69, 9.17) is 5.11 Å². The molecule has 0 aliphatic heterocycles. The van der Waals surface area contributed by atoms with Crippen molar-refractivity contribution in [2.45, 2.75) is 6.42 Å². The molecule has 0 bridgehead atoms. The van der Waals surface area contributed by atoms with Crippen molar-refractivity contribution in [3.8, 4) is 0 Å². The van der Waals surface area contributed by atoms with Crippen molar-refractivity contribution in [1.29, 1.82) is 0 Å². The summed E-state index contributed by atoms with van der Waals surface area (Å²) in [5.41, 5.74) is 0.888. The first-order valence-corrected chi connectivity index (χ1v) is 6.82. The maximum absolute atomic E-state index is 13.7. The Hall–Kier alpha value is -2.21. The van der Waals surface area contributed by atoms with Crippen LogP contribution in [0.2, 0.25) is 0 Å². The van der Waals surface area contributed by atoms with Gasteiger partial charge >= 0.3 is 5.97 Å². The highest BCUT2D eigenvalue weighted by Crippen LogP contribution is 2.17. The van der Waals surface area contributed by atoms with Gasteiger partial charge in [-0.25, -0.2) is 4.39 Å². The van der Waals surface area contributed by atoms with Gasteiger partial charge in [-0.2, -0.15) is 0 Å². The van der Waals surface area contributed by atoms with Crippen molar-refractivity contribution < 1.29 is 19.1 Å². The van der Waals surface area contributed by atoms with Gasteiger partial charge in [-0.3, -0.25) is 9.59 Å². The van der Waals surface area contributed by atoms with E-state index in [1.54, 1.807) is 30.3 Å². The molecule has 0 unspecified atom stereocenters. The molecule has 0 radical (unpaired) electrons. The number of carboxylic acid groups (broad SMARTS) is 1. The monoisotopic (exact) mass is 351 g/mol. The lowest BCUT2D eigenvalue weighted by Crippen LogP contribution is -2.14. The van der Waals surface area contributed by atoms with Crippen LogP contribution in [0.4, 0.5) is 10.1 Å². The fourth-order valence-electron chi connectivity index (χ4n) is 1.81. The average molecular weight is 352 g/mol. The van der Waals surface area contributed by atoms with E-state index >= 15 is 0 Å². The van der Waals surface area contributed by atoms with Gasteiger partial charge in [0.2, 0.25) is 0 Å². The number of benzene rings is 2. The van der Waals surface area contributed by atoms with E-state index in [-0.39, 0.29) is 12.0 Å². The number of anilines is 1. The Morgan fingerprint density at radius 3 is 2.62 bits per heavy atom. The van der Waals surface area contributed by atoms with Gasteiger partial charge in [-0.1, -0.05) is 28.1 Å². The molecular weight excluding hydrogens is 341 g/mol. The summed E-state index contributed by atoms with van der Waals surface area (Å²) in [6.45, 7) is 0. The largest absolute Gasteiger partial charge is 0.481 e. The Labute approximate surface area is 128 Å². The number of rotatable bonds is 4. The van der Waals surface area contributed by atoms with Gasteiger partial charge < -0.3 is 10.4 Å². The van der Waals surface area contributed by atoms with Crippen molar-refractivity contribution in [1.82, 2.24) is 0 Å². The van der Waals surface area contributed by atoms with Crippen LogP contribution >= 0.6 is 15.9 Å². The van der Waals surface area contributed by atoms with Crippen molar-refractivity contribution in [2.75, 3.05) is 5.32 Å². The van der Waals surface area contributed by atoms with E-state index in [0.29, 0.717) is 15.7 Å². The number of carboxylic acids is 1. The standard InChI is InChI=1S/C15H11BrFNO3/c16-10-4-5-12(13(17)8-10)15(21)18-11-3-1-2-9(6-11)7-14(19)20/h1-6,8H,7H2,(H,18,21)(H,19,20). The predicted octanol–water partition coefficient (Wildman–Crippen LogP) is 3.47. The lowest BCUT2D eigenvalue weighted by atomic mass is 10.1. The van der Waals surface area contributed by atoms with Gasteiger partial charge in [0.15, 0.2) is 0 Å². The normalized spacial score (nSPS) is 10.2. The fourth-order valence-corrected chi connectivity index (χ4v) is 2.14. The Balaban J connectivity index is 2.17. The molecule has 0 atom stereocenters. The van der Waals surface area contributed by atoms with Gasteiger partial charge in [-0.05, 0) is 35.9 Å². The van der Waals surface area contributed by atoms with Gasteiger partial charge in [0.1, 0.15) is 5.82 Å². The van der Waals surface area contributed by atoms with Crippen LogP contribution in [0.3, 0.4) is 0 Å². The zero-order valence-corrected chi connectivity index (χ0v) is 12.4. The molecule has 0 saturated carbocycles. The summed E-state index contributed by atoms with van der Waals surface area (Å²) in [5, 5.41) is 11.3. The molecule has 0 saturated heterocycles. The van der Waals surface area contributed by atoms with Gasteiger partial charge in [0.05, 0.1) is 12.0 Å². The van der Waals surface area contributed by atoms with Crippen LogP contribution in [0.5, 0.6) is 0 Å². The second-order valence-electron chi connectivity index (χ2n) is 4.35. The summed E-state index contributed by atoms with van der Waals surface area (Å²) in [4.78, 5) is 22.7. The number of halogens is 2. The summed E-state index contributed by atoms with van der Waals surface area (Å²) >= 11 is 3.12. The van der Waals surface area contributed by atoms with Crippen molar-refractivity contribution in [2.24, 2.45) is 0 Å². The quantitative estimate of drug-likeness (QED) is 0.886. The zero-order valence-electron chi connectivity index (χ0n) is 10.8. The summed E-state index contributed by atoms with van der Waals surface area (Å²) in [6, 6.07) is 10.6. The Morgan fingerprint density at radius 1 is 1.19 bits per heavy atom. The summed E-state index contributed by atoms with van der Waals surface area (Å²) < 4.78 is 14.2. The van der Waals surface area contributed by atoms with E-state index in [1.165, 1.54) is 12.1 Å². The van der Waals surface area contributed by atoms with E-state index in [9.17, 15) is 14.0 Å². The second-order valence-corrected chi connectivity index (χ2v) is 5.26. The molecule has 0 heterocycles. The van der Waals surface area contributed by atoms with E-state index in [1.807, 2.05) is 0 Å². The van der Waals surface area contributed by atoms with Crippen LogP contribution in [0.15, 0.2) is 46.9 Å². The first-order chi connectivity index (χ1) is 9.95. The molecule has 0 aromatic heterocycles.